The first-order chi connectivity index (χ1) is 15.8. The van der Waals surface area contributed by atoms with Crippen molar-refractivity contribution in [2.24, 2.45) is 0 Å². The van der Waals surface area contributed by atoms with Crippen LogP contribution in [0, 0.1) is 29.1 Å². The van der Waals surface area contributed by atoms with E-state index < -0.39 is 29.1 Å². The van der Waals surface area contributed by atoms with Gasteiger partial charge < -0.3 is 0 Å². The van der Waals surface area contributed by atoms with E-state index in [4.69, 9.17) is 0 Å². The summed E-state index contributed by atoms with van der Waals surface area (Å²) in [4.78, 5) is 0. The molecule has 0 saturated heterocycles. The Kier molecular flexibility index (Phi) is 8.65. The van der Waals surface area contributed by atoms with Gasteiger partial charge in [-0.15, -0.1) is 0 Å². The van der Waals surface area contributed by atoms with Crippen LogP contribution in [0.25, 0.3) is 0 Å². The zero-order chi connectivity index (χ0) is 24.0. The van der Waals surface area contributed by atoms with Crippen LogP contribution in [0.15, 0.2) is 42.5 Å². The third-order valence-corrected chi connectivity index (χ3v) is 5.90. The van der Waals surface area contributed by atoms with Gasteiger partial charge in [0.25, 0.3) is 0 Å². The molecule has 5 heteroatoms. The SMILES string of the molecule is CCCc1cc(F)c(CCc2ccc(CCc3cc(F)c(CCC)c(F)c3)c(F)c2)c(F)c1. The Labute approximate surface area is 192 Å². The Hall–Kier alpha value is -2.69. The normalized spacial score (nSPS) is 11.2. The molecular formula is C28H29F5. The first-order valence-electron chi connectivity index (χ1n) is 11.5. The molecule has 0 heterocycles. The molecule has 0 radical (unpaired) electrons. The van der Waals surface area contributed by atoms with E-state index in [1.807, 2.05) is 13.8 Å². The maximum Gasteiger partial charge on any atom is 0.129 e. The second kappa shape index (κ2) is 11.4. The van der Waals surface area contributed by atoms with Gasteiger partial charge in [0.15, 0.2) is 0 Å². The largest absolute Gasteiger partial charge is 0.207 e. The molecule has 176 valence electrons. The molecule has 3 rings (SSSR count). The molecule has 3 aromatic carbocycles. The van der Waals surface area contributed by atoms with Crippen molar-refractivity contribution >= 4 is 0 Å². The Morgan fingerprint density at radius 2 is 0.909 bits per heavy atom. The van der Waals surface area contributed by atoms with Crippen LogP contribution in [-0.2, 0) is 38.5 Å². The summed E-state index contributed by atoms with van der Waals surface area (Å²) >= 11 is 0. The minimum atomic E-state index is -0.569. The van der Waals surface area contributed by atoms with Gasteiger partial charge in [0.2, 0.25) is 0 Å². The van der Waals surface area contributed by atoms with Crippen molar-refractivity contribution < 1.29 is 22.0 Å². The van der Waals surface area contributed by atoms with E-state index in [1.54, 1.807) is 12.1 Å². The monoisotopic (exact) mass is 460 g/mol. The maximum absolute atomic E-state index is 14.6. The van der Waals surface area contributed by atoms with Crippen LogP contribution in [0.3, 0.4) is 0 Å². The molecule has 0 N–H and O–H groups in total. The fourth-order valence-corrected chi connectivity index (χ4v) is 4.11. The Bertz CT molecular complexity index is 1060. The van der Waals surface area contributed by atoms with E-state index in [9.17, 15) is 22.0 Å². The van der Waals surface area contributed by atoms with Crippen LogP contribution in [0.4, 0.5) is 22.0 Å². The van der Waals surface area contributed by atoms with Crippen LogP contribution >= 0.6 is 0 Å². The summed E-state index contributed by atoms with van der Waals surface area (Å²) < 4.78 is 71.5. The summed E-state index contributed by atoms with van der Waals surface area (Å²) in [5, 5.41) is 0. The molecule has 0 aliphatic heterocycles. The fraction of sp³-hybridized carbons (Fsp3) is 0.357. The van der Waals surface area contributed by atoms with Gasteiger partial charge in [-0.2, -0.15) is 0 Å². The van der Waals surface area contributed by atoms with Gasteiger partial charge in [-0.25, -0.2) is 22.0 Å². The molecule has 0 saturated carbocycles. The van der Waals surface area contributed by atoms with E-state index in [-0.39, 0.29) is 17.5 Å². The van der Waals surface area contributed by atoms with Gasteiger partial charge >= 0.3 is 0 Å². The molecule has 0 atom stereocenters. The van der Waals surface area contributed by atoms with Crippen LogP contribution in [0.2, 0.25) is 0 Å². The number of halogens is 5. The van der Waals surface area contributed by atoms with E-state index in [2.05, 4.69) is 0 Å². The molecule has 33 heavy (non-hydrogen) atoms. The van der Waals surface area contributed by atoms with Gasteiger partial charge in [0.1, 0.15) is 29.1 Å². The smallest absolute Gasteiger partial charge is 0.129 e. The third kappa shape index (κ3) is 6.43. The lowest BCUT2D eigenvalue weighted by Gasteiger charge is -2.10. The second-order valence-corrected chi connectivity index (χ2v) is 8.50. The van der Waals surface area contributed by atoms with Crippen LogP contribution in [-0.4, -0.2) is 0 Å². The molecule has 0 amide bonds. The highest BCUT2D eigenvalue weighted by molar-refractivity contribution is 5.31. The second-order valence-electron chi connectivity index (χ2n) is 8.50. The topological polar surface area (TPSA) is 0 Å². The Balaban J connectivity index is 1.64. The molecule has 0 fully saturated rings. The zero-order valence-corrected chi connectivity index (χ0v) is 19.1. The number of hydrogen-bond acceptors (Lipinski definition) is 0. The van der Waals surface area contributed by atoms with Crippen molar-refractivity contribution in [1.82, 2.24) is 0 Å². The van der Waals surface area contributed by atoms with Gasteiger partial charge in [-0.05, 0) is 91.1 Å². The summed E-state index contributed by atoms with van der Waals surface area (Å²) in [6.07, 6.45) is 3.43. The average Bonchev–Trinajstić information content (AvgIpc) is 2.75. The highest BCUT2D eigenvalue weighted by atomic mass is 19.1. The summed E-state index contributed by atoms with van der Waals surface area (Å²) in [7, 11) is 0. The van der Waals surface area contributed by atoms with Crippen LogP contribution in [0.1, 0.15) is 60.1 Å². The minimum Gasteiger partial charge on any atom is -0.207 e. The summed E-state index contributed by atoms with van der Waals surface area (Å²) in [5.41, 5.74) is 2.27. The predicted molar refractivity (Wildman–Crippen MR) is 122 cm³/mol. The molecule has 0 spiro atoms. The summed E-state index contributed by atoms with van der Waals surface area (Å²) in [6, 6.07) is 10.1. The lowest BCUT2D eigenvalue weighted by molar-refractivity contribution is 0.549. The molecule has 3 aromatic rings. The van der Waals surface area contributed by atoms with Crippen molar-refractivity contribution in [3.8, 4) is 0 Å². The standard InChI is InChI=1S/C28H29F5/c1-3-5-19-14-27(32)23(28(33)15-19)12-9-18-7-10-21(24(29)13-18)11-8-20-16-25(30)22(6-4-2)26(31)17-20/h7,10,13-17H,3-6,8-9,11-12H2,1-2H3. The molecule has 0 aliphatic rings. The maximum atomic E-state index is 14.6. The van der Waals surface area contributed by atoms with Gasteiger partial charge in [-0.1, -0.05) is 38.8 Å². The quantitative estimate of drug-likeness (QED) is 0.270. The Morgan fingerprint density at radius 1 is 0.455 bits per heavy atom. The molecule has 0 nitrogen and oxygen atoms in total. The summed E-state index contributed by atoms with van der Waals surface area (Å²) in [5.74, 6) is -2.70. The lowest BCUT2D eigenvalue weighted by atomic mass is 9.97. The molecule has 0 bridgehead atoms. The van der Waals surface area contributed by atoms with Crippen molar-refractivity contribution in [1.29, 1.82) is 0 Å². The average molecular weight is 461 g/mol. The van der Waals surface area contributed by atoms with Gasteiger partial charge in [0, 0.05) is 11.1 Å². The van der Waals surface area contributed by atoms with E-state index in [0.717, 1.165) is 6.42 Å². The van der Waals surface area contributed by atoms with Crippen molar-refractivity contribution in [3.05, 3.63) is 105 Å². The lowest BCUT2D eigenvalue weighted by Crippen LogP contribution is -2.03. The molecular weight excluding hydrogens is 431 g/mol. The number of benzene rings is 3. The first-order valence-corrected chi connectivity index (χ1v) is 11.5. The van der Waals surface area contributed by atoms with Crippen molar-refractivity contribution in [2.45, 2.75) is 65.2 Å². The van der Waals surface area contributed by atoms with Crippen molar-refractivity contribution in [2.75, 3.05) is 0 Å². The van der Waals surface area contributed by atoms with E-state index >= 15 is 0 Å². The molecule has 0 aromatic heterocycles. The predicted octanol–water partition coefficient (Wildman–Crippen LogP) is 7.86. The Morgan fingerprint density at radius 3 is 1.42 bits per heavy atom. The minimum absolute atomic E-state index is 0.00918. The highest BCUT2D eigenvalue weighted by Gasteiger charge is 2.13. The van der Waals surface area contributed by atoms with E-state index in [1.165, 1.54) is 30.3 Å². The van der Waals surface area contributed by atoms with Crippen LogP contribution in [0.5, 0.6) is 0 Å². The fourth-order valence-electron chi connectivity index (χ4n) is 4.11. The van der Waals surface area contributed by atoms with Crippen LogP contribution < -0.4 is 0 Å². The molecule has 0 aliphatic carbocycles. The van der Waals surface area contributed by atoms with E-state index in [0.29, 0.717) is 60.8 Å². The van der Waals surface area contributed by atoms with Gasteiger partial charge in [-0.3, -0.25) is 0 Å². The first kappa shape index (κ1) is 24.9. The third-order valence-electron chi connectivity index (χ3n) is 5.90. The highest BCUT2D eigenvalue weighted by Crippen LogP contribution is 2.22. The number of rotatable bonds is 10. The summed E-state index contributed by atoms with van der Waals surface area (Å²) in [6.45, 7) is 3.80. The number of hydrogen-bond donors (Lipinski definition) is 0. The molecule has 0 unspecified atom stereocenters. The number of aryl methyl sites for hydroxylation is 4. The van der Waals surface area contributed by atoms with Gasteiger partial charge in [0.05, 0.1) is 0 Å². The zero-order valence-electron chi connectivity index (χ0n) is 19.1. The van der Waals surface area contributed by atoms with Crippen molar-refractivity contribution in [3.63, 3.8) is 0 Å².